The predicted octanol–water partition coefficient (Wildman–Crippen LogP) is 2.99. The zero-order chi connectivity index (χ0) is 14.3. The fourth-order valence-electron chi connectivity index (χ4n) is 1.52. The van der Waals surface area contributed by atoms with Crippen molar-refractivity contribution in [2.24, 2.45) is 5.41 Å². The monoisotopic (exact) mass is 325 g/mol. The second kappa shape index (κ2) is 7.46. The van der Waals surface area contributed by atoms with E-state index in [1.165, 1.54) is 6.08 Å². The molecule has 1 amide bonds. The Hall–Kier alpha value is -1.13. The van der Waals surface area contributed by atoms with Crippen molar-refractivity contribution in [2.45, 2.75) is 20.3 Å². The molecule has 0 saturated heterocycles. The van der Waals surface area contributed by atoms with Crippen molar-refractivity contribution in [3.8, 4) is 0 Å². The zero-order valence-electron chi connectivity index (χ0n) is 11.3. The summed E-state index contributed by atoms with van der Waals surface area (Å²) in [5.74, 6) is -0.117. The molecule has 0 aliphatic rings. The largest absolute Gasteiger partial charge is 0.396 e. The van der Waals surface area contributed by atoms with Crippen molar-refractivity contribution >= 4 is 27.9 Å². The summed E-state index contributed by atoms with van der Waals surface area (Å²) < 4.78 is 1.01. The molecule has 0 fully saturated rings. The third kappa shape index (κ3) is 6.55. The maximum atomic E-state index is 11.7. The molecule has 4 heteroatoms. The van der Waals surface area contributed by atoms with E-state index in [0.29, 0.717) is 13.0 Å². The highest BCUT2D eigenvalue weighted by atomic mass is 79.9. The molecule has 19 heavy (non-hydrogen) atoms. The lowest BCUT2D eigenvalue weighted by atomic mass is 9.90. The van der Waals surface area contributed by atoms with Gasteiger partial charge in [0.05, 0.1) is 0 Å². The lowest BCUT2D eigenvalue weighted by Gasteiger charge is -2.23. The van der Waals surface area contributed by atoms with Gasteiger partial charge in [-0.2, -0.15) is 0 Å². The zero-order valence-corrected chi connectivity index (χ0v) is 12.9. The van der Waals surface area contributed by atoms with Crippen LogP contribution in [0.3, 0.4) is 0 Å². The molecule has 104 valence electrons. The predicted molar refractivity (Wildman–Crippen MR) is 81.7 cm³/mol. The van der Waals surface area contributed by atoms with E-state index in [0.717, 1.165) is 10.0 Å². The van der Waals surface area contributed by atoms with Crippen LogP contribution in [0, 0.1) is 5.41 Å². The van der Waals surface area contributed by atoms with Crippen LogP contribution in [-0.2, 0) is 4.79 Å². The van der Waals surface area contributed by atoms with E-state index in [9.17, 15) is 4.79 Å². The second-order valence-corrected chi connectivity index (χ2v) is 6.16. The molecule has 2 N–H and O–H groups in total. The smallest absolute Gasteiger partial charge is 0.244 e. The van der Waals surface area contributed by atoms with Gasteiger partial charge in [0, 0.05) is 23.7 Å². The number of carbonyl (C=O) groups excluding carboxylic acids is 1. The molecule has 3 nitrogen and oxygen atoms in total. The van der Waals surface area contributed by atoms with Crippen molar-refractivity contribution in [1.29, 1.82) is 0 Å². The molecule has 0 radical (unpaired) electrons. The Labute approximate surface area is 122 Å². The van der Waals surface area contributed by atoms with E-state index in [1.807, 2.05) is 38.1 Å². The van der Waals surface area contributed by atoms with Crippen LogP contribution in [-0.4, -0.2) is 24.2 Å². The number of aliphatic hydroxyl groups is 1. The summed E-state index contributed by atoms with van der Waals surface area (Å²) >= 11 is 3.36. The van der Waals surface area contributed by atoms with Gasteiger partial charge in [0.1, 0.15) is 0 Å². The van der Waals surface area contributed by atoms with E-state index < -0.39 is 0 Å². The standard InChI is InChI=1S/C15H20BrNO2/c1-15(2,9-10-18)11-17-14(19)8-5-12-3-6-13(16)7-4-12/h3-8,18H,9-11H2,1-2H3,(H,17,19)/b8-5+. The van der Waals surface area contributed by atoms with Gasteiger partial charge in [-0.3, -0.25) is 4.79 Å². The van der Waals surface area contributed by atoms with Crippen LogP contribution in [0.1, 0.15) is 25.8 Å². The molecular weight excluding hydrogens is 306 g/mol. The molecule has 0 aliphatic heterocycles. The Kier molecular flexibility index (Phi) is 6.25. The molecule has 0 bridgehead atoms. The van der Waals surface area contributed by atoms with Gasteiger partial charge < -0.3 is 10.4 Å². The number of hydrogen-bond donors (Lipinski definition) is 2. The fourth-order valence-corrected chi connectivity index (χ4v) is 1.79. The van der Waals surface area contributed by atoms with Crippen LogP contribution in [0.25, 0.3) is 6.08 Å². The average Bonchev–Trinajstić information content (AvgIpc) is 2.36. The normalized spacial score (nSPS) is 11.8. The van der Waals surface area contributed by atoms with Crippen molar-refractivity contribution in [2.75, 3.05) is 13.2 Å². The van der Waals surface area contributed by atoms with E-state index in [-0.39, 0.29) is 17.9 Å². The number of hydrogen-bond acceptors (Lipinski definition) is 2. The summed E-state index contributed by atoms with van der Waals surface area (Å²) in [6.45, 7) is 4.72. The quantitative estimate of drug-likeness (QED) is 0.790. The van der Waals surface area contributed by atoms with Gasteiger partial charge in [0.15, 0.2) is 0 Å². The maximum Gasteiger partial charge on any atom is 0.244 e. The average molecular weight is 326 g/mol. The van der Waals surface area contributed by atoms with E-state index in [2.05, 4.69) is 21.2 Å². The number of amides is 1. The Morgan fingerprint density at radius 1 is 1.37 bits per heavy atom. The van der Waals surface area contributed by atoms with E-state index >= 15 is 0 Å². The molecule has 1 aromatic rings. The summed E-state index contributed by atoms with van der Waals surface area (Å²) in [4.78, 5) is 11.7. The van der Waals surface area contributed by atoms with Crippen LogP contribution < -0.4 is 5.32 Å². The number of rotatable bonds is 6. The molecule has 0 aliphatic carbocycles. The van der Waals surface area contributed by atoms with Crippen molar-refractivity contribution in [3.05, 3.63) is 40.4 Å². The minimum atomic E-state index is -0.117. The van der Waals surface area contributed by atoms with Crippen LogP contribution in [0.4, 0.5) is 0 Å². The van der Waals surface area contributed by atoms with Gasteiger partial charge in [-0.15, -0.1) is 0 Å². The van der Waals surface area contributed by atoms with Crippen LogP contribution in [0.15, 0.2) is 34.8 Å². The number of aliphatic hydroxyl groups excluding tert-OH is 1. The molecule has 1 aromatic carbocycles. The minimum absolute atomic E-state index is 0.0874. The fraction of sp³-hybridized carbons (Fsp3) is 0.400. The first kappa shape index (κ1) is 15.9. The van der Waals surface area contributed by atoms with Crippen molar-refractivity contribution < 1.29 is 9.90 Å². The first-order chi connectivity index (χ1) is 8.93. The molecule has 1 rings (SSSR count). The van der Waals surface area contributed by atoms with Gasteiger partial charge in [0.2, 0.25) is 5.91 Å². The number of carbonyl (C=O) groups is 1. The van der Waals surface area contributed by atoms with Crippen LogP contribution >= 0.6 is 15.9 Å². The molecular formula is C15H20BrNO2. The SMILES string of the molecule is CC(C)(CCO)CNC(=O)/C=C/c1ccc(Br)cc1. The molecule has 0 spiro atoms. The summed E-state index contributed by atoms with van der Waals surface area (Å²) in [6, 6.07) is 7.73. The van der Waals surface area contributed by atoms with E-state index in [1.54, 1.807) is 6.08 Å². The van der Waals surface area contributed by atoms with Gasteiger partial charge in [-0.1, -0.05) is 41.9 Å². The molecule has 0 saturated carbocycles. The lowest BCUT2D eigenvalue weighted by molar-refractivity contribution is -0.116. The van der Waals surface area contributed by atoms with Crippen molar-refractivity contribution in [1.82, 2.24) is 5.32 Å². The topological polar surface area (TPSA) is 49.3 Å². The van der Waals surface area contributed by atoms with E-state index in [4.69, 9.17) is 5.11 Å². The summed E-state index contributed by atoms with van der Waals surface area (Å²) in [6.07, 6.45) is 3.97. The first-order valence-electron chi connectivity index (χ1n) is 6.25. The highest BCUT2D eigenvalue weighted by Gasteiger charge is 2.17. The van der Waals surface area contributed by atoms with Crippen LogP contribution in [0.5, 0.6) is 0 Å². The van der Waals surface area contributed by atoms with Gasteiger partial charge in [-0.05, 0) is 35.6 Å². The third-order valence-corrected chi connectivity index (χ3v) is 3.36. The summed E-state index contributed by atoms with van der Waals surface area (Å²) in [5.41, 5.74) is 0.892. The van der Waals surface area contributed by atoms with Gasteiger partial charge in [-0.25, -0.2) is 0 Å². The molecule has 0 unspecified atom stereocenters. The highest BCUT2D eigenvalue weighted by molar-refractivity contribution is 9.10. The van der Waals surface area contributed by atoms with Gasteiger partial charge >= 0.3 is 0 Å². The summed E-state index contributed by atoms with van der Waals surface area (Å²) in [7, 11) is 0. The minimum Gasteiger partial charge on any atom is -0.396 e. The Morgan fingerprint density at radius 2 is 2.00 bits per heavy atom. The molecule has 0 aromatic heterocycles. The molecule has 0 heterocycles. The number of halogens is 1. The Bertz CT molecular complexity index is 438. The Morgan fingerprint density at radius 3 is 2.58 bits per heavy atom. The number of benzene rings is 1. The highest BCUT2D eigenvalue weighted by Crippen LogP contribution is 2.17. The maximum absolute atomic E-state index is 11.7. The third-order valence-electron chi connectivity index (χ3n) is 2.83. The Balaban J connectivity index is 2.45. The lowest BCUT2D eigenvalue weighted by Crippen LogP contribution is -2.33. The summed E-state index contributed by atoms with van der Waals surface area (Å²) in [5, 5.41) is 11.8. The number of nitrogens with one attached hydrogen (secondary N) is 1. The first-order valence-corrected chi connectivity index (χ1v) is 7.05. The second-order valence-electron chi connectivity index (χ2n) is 5.24. The van der Waals surface area contributed by atoms with Gasteiger partial charge in [0.25, 0.3) is 0 Å². The van der Waals surface area contributed by atoms with Crippen molar-refractivity contribution in [3.63, 3.8) is 0 Å². The van der Waals surface area contributed by atoms with Crippen LogP contribution in [0.2, 0.25) is 0 Å². The molecule has 0 atom stereocenters.